The zero-order chi connectivity index (χ0) is 8.10. The van der Waals surface area contributed by atoms with Gasteiger partial charge >= 0.3 is 0 Å². The summed E-state index contributed by atoms with van der Waals surface area (Å²) in [6.45, 7) is 0. The van der Waals surface area contributed by atoms with Crippen molar-refractivity contribution in [2.75, 3.05) is 0 Å². The summed E-state index contributed by atoms with van der Waals surface area (Å²) in [5.74, 6) is 0. The second-order valence-corrected chi connectivity index (χ2v) is 1.94. The molecule has 0 saturated carbocycles. The summed E-state index contributed by atoms with van der Waals surface area (Å²) in [6.07, 6.45) is 12.1. The lowest BCUT2D eigenvalue weighted by atomic mass is 10.1. The van der Waals surface area contributed by atoms with Gasteiger partial charge in [0.1, 0.15) is 12.2 Å². The molecule has 0 N–H and O–H groups in total. The van der Waals surface area contributed by atoms with E-state index in [2.05, 4.69) is 6.08 Å². The van der Waals surface area contributed by atoms with Crippen molar-refractivity contribution in [1.82, 2.24) is 0 Å². The maximum absolute atomic E-state index is 9.88. The van der Waals surface area contributed by atoms with E-state index in [4.69, 9.17) is 0 Å². The molecule has 0 saturated heterocycles. The SMILES string of the molecule is O=[N+]([O-])/C=C/C1=CC=C[C+]=C1. The third-order valence-corrected chi connectivity index (χ3v) is 1.12. The third-order valence-electron chi connectivity index (χ3n) is 1.12. The first kappa shape index (κ1) is 7.38. The van der Waals surface area contributed by atoms with Crippen molar-refractivity contribution in [3.05, 3.63) is 58.3 Å². The van der Waals surface area contributed by atoms with E-state index in [1.54, 1.807) is 24.3 Å². The highest BCUT2D eigenvalue weighted by Gasteiger charge is 1.99. The fraction of sp³-hybridized carbons (Fsp3) is 0. The van der Waals surface area contributed by atoms with Crippen LogP contribution in [0, 0.1) is 16.2 Å². The van der Waals surface area contributed by atoms with Gasteiger partial charge in [-0.3, -0.25) is 10.1 Å². The van der Waals surface area contributed by atoms with E-state index in [-0.39, 0.29) is 0 Å². The van der Waals surface area contributed by atoms with Crippen LogP contribution in [0.25, 0.3) is 0 Å². The number of nitrogens with zero attached hydrogens (tertiary/aromatic N) is 1. The minimum absolute atomic E-state index is 0.493. The van der Waals surface area contributed by atoms with Crippen molar-refractivity contribution >= 4 is 0 Å². The molecule has 0 aliphatic heterocycles. The van der Waals surface area contributed by atoms with Crippen molar-refractivity contribution in [1.29, 1.82) is 0 Å². The smallest absolute Gasteiger partial charge is 0.248 e. The molecule has 0 unspecified atom stereocenters. The molecule has 1 aliphatic rings. The molecule has 1 aliphatic carbocycles. The minimum Gasteiger partial charge on any atom is -0.259 e. The maximum atomic E-state index is 9.88. The maximum Gasteiger partial charge on any atom is 0.248 e. The first-order chi connectivity index (χ1) is 5.29. The molecule has 0 aromatic heterocycles. The van der Waals surface area contributed by atoms with E-state index in [0.717, 1.165) is 11.8 Å². The van der Waals surface area contributed by atoms with Crippen LogP contribution in [0.5, 0.6) is 0 Å². The van der Waals surface area contributed by atoms with Crippen LogP contribution >= 0.6 is 0 Å². The Labute approximate surface area is 64.2 Å². The third kappa shape index (κ3) is 2.56. The fourth-order valence-corrected chi connectivity index (χ4v) is 0.658. The van der Waals surface area contributed by atoms with Crippen molar-refractivity contribution in [3.8, 4) is 0 Å². The molecule has 0 amide bonds. The van der Waals surface area contributed by atoms with Gasteiger partial charge in [-0.1, -0.05) is 0 Å². The van der Waals surface area contributed by atoms with Crippen LogP contribution in [-0.2, 0) is 0 Å². The molecule has 0 spiro atoms. The fourth-order valence-electron chi connectivity index (χ4n) is 0.658. The molecule has 3 heteroatoms. The topological polar surface area (TPSA) is 43.1 Å². The average molecular weight is 148 g/mol. The van der Waals surface area contributed by atoms with Gasteiger partial charge in [-0.25, -0.2) is 0 Å². The molecule has 0 bridgehead atoms. The quantitative estimate of drug-likeness (QED) is 0.339. The molecule has 0 radical (unpaired) electrons. The van der Waals surface area contributed by atoms with Crippen LogP contribution in [0.4, 0.5) is 0 Å². The Morgan fingerprint density at radius 2 is 2.45 bits per heavy atom. The highest BCUT2D eigenvalue weighted by atomic mass is 16.6. The Morgan fingerprint density at radius 1 is 1.64 bits per heavy atom. The van der Waals surface area contributed by atoms with E-state index >= 15 is 0 Å². The monoisotopic (exact) mass is 148 g/mol. The van der Waals surface area contributed by atoms with Gasteiger partial charge in [0, 0.05) is 12.2 Å². The second kappa shape index (κ2) is 3.44. The number of nitro groups is 1. The van der Waals surface area contributed by atoms with Crippen molar-refractivity contribution < 1.29 is 4.92 Å². The summed E-state index contributed by atoms with van der Waals surface area (Å²) in [6, 6.07) is 0. The van der Waals surface area contributed by atoms with E-state index in [0.29, 0.717) is 0 Å². The highest BCUT2D eigenvalue weighted by molar-refractivity contribution is 5.36. The summed E-state index contributed by atoms with van der Waals surface area (Å²) in [7, 11) is 0. The Hall–Kier alpha value is -1.73. The van der Waals surface area contributed by atoms with Crippen molar-refractivity contribution in [2.45, 2.75) is 0 Å². The van der Waals surface area contributed by atoms with Gasteiger partial charge < -0.3 is 0 Å². The Balaban J connectivity index is 2.64. The lowest BCUT2D eigenvalue weighted by Crippen LogP contribution is -1.83. The molecule has 11 heavy (non-hydrogen) atoms. The van der Waals surface area contributed by atoms with Crippen LogP contribution in [-0.4, -0.2) is 4.92 Å². The number of hydrogen-bond donors (Lipinski definition) is 0. The molecular weight excluding hydrogens is 142 g/mol. The number of hydrogen-bond acceptors (Lipinski definition) is 2. The number of rotatable bonds is 2. The molecule has 0 heterocycles. The van der Waals surface area contributed by atoms with Crippen LogP contribution in [0.3, 0.4) is 0 Å². The van der Waals surface area contributed by atoms with Crippen LogP contribution in [0.15, 0.2) is 42.2 Å². The molecule has 54 valence electrons. The summed E-state index contributed by atoms with van der Waals surface area (Å²) in [4.78, 5) is 9.39. The van der Waals surface area contributed by atoms with Gasteiger partial charge in [-0.2, -0.15) is 0 Å². The lowest BCUT2D eigenvalue weighted by molar-refractivity contribution is -0.402. The van der Waals surface area contributed by atoms with Gasteiger partial charge in [-0.15, -0.1) is 0 Å². The zero-order valence-corrected chi connectivity index (χ0v) is 5.73. The predicted molar refractivity (Wildman–Crippen MR) is 41.2 cm³/mol. The standard InChI is InChI=1S/C8H6NO2/c10-9(11)7-6-8-4-2-1-3-5-8/h1-2,4-7H/q+1/b7-6+. The Kier molecular flexibility index (Phi) is 2.31. The Bertz CT molecular complexity index is 272. The van der Waals surface area contributed by atoms with Crippen LogP contribution < -0.4 is 0 Å². The zero-order valence-electron chi connectivity index (χ0n) is 5.73. The summed E-state index contributed by atoms with van der Waals surface area (Å²) < 4.78 is 0. The van der Waals surface area contributed by atoms with Gasteiger partial charge in [0.25, 0.3) is 0 Å². The van der Waals surface area contributed by atoms with E-state index in [1.165, 1.54) is 6.08 Å². The molecular formula is C8H6NO2+. The number of allylic oxidation sites excluding steroid dienone is 7. The van der Waals surface area contributed by atoms with Gasteiger partial charge in [0.15, 0.2) is 0 Å². The first-order valence-corrected chi connectivity index (χ1v) is 3.07. The molecule has 3 nitrogen and oxygen atoms in total. The first-order valence-electron chi connectivity index (χ1n) is 3.07. The molecule has 1 rings (SSSR count). The van der Waals surface area contributed by atoms with Gasteiger partial charge in [0.05, 0.1) is 22.6 Å². The van der Waals surface area contributed by atoms with E-state index in [9.17, 15) is 10.1 Å². The van der Waals surface area contributed by atoms with Crippen LogP contribution in [0.2, 0.25) is 0 Å². The summed E-state index contributed by atoms with van der Waals surface area (Å²) in [5.41, 5.74) is 0.782. The van der Waals surface area contributed by atoms with Crippen molar-refractivity contribution in [2.24, 2.45) is 0 Å². The van der Waals surface area contributed by atoms with Crippen LogP contribution in [0.1, 0.15) is 0 Å². The largest absolute Gasteiger partial charge is 0.259 e. The average Bonchev–Trinajstić information content (AvgIpc) is 2.03. The van der Waals surface area contributed by atoms with E-state index < -0.39 is 4.92 Å². The van der Waals surface area contributed by atoms with Crippen molar-refractivity contribution in [3.63, 3.8) is 0 Å². The summed E-state index contributed by atoms with van der Waals surface area (Å²) >= 11 is 0. The van der Waals surface area contributed by atoms with E-state index in [1.807, 2.05) is 0 Å². The minimum atomic E-state index is -0.493. The Morgan fingerprint density at radius 3 is 3.00 bits per heavy atom. The summed E-state index contributed by atoms with van der Waals surface area (Å²) in [5, 5.41) is 9.88. The highest BCUT2D eigenvalue weighted by Crippen LogP contribution is 2.03. The lowest BCUT2D eigenvalue weighted by Gasteiger charge is -1.82. The second-order valence-electron chi connectivity index (χ2n) is 1.94. The molecule has 0 fully saturated rings. The predicted octanol–water partition coefficient (Wildman–Crippen LogP) is 1.63. The van der Waals surface area contributed by atoms with Gasteiger partial charge in [0.2, 0.25) is 6.20 Å². The normalized spacial score (nSPS) is 14.7. The molecule has 0 atom stereocenters. The molecule has 0 aromatic carbocycles. The molecule has 0 aromatic rings. The van der Waals surface area contributed by atoms with Gasteiger partial charge in [-0.05, 0) is 0 Å².